The largest absolute Gasteiger partial charge is 0.377 e. The minimum absolute atomic E-state index is 0.0149. The van der Waals surface area contributed by atoms with Gasteiger partial charge in [0.2, 0.25) is 5.91 Å². The third-order valence-corrected chi connectivity index (χ3v) is 2.92. The lowest BCUT2D eigenvalue weighted by Crippen LogP contribution is -2.53. The van der Waals surface area contributed by atoms with Gasteiger partial charge in [0.05, 0.1) is 30.3 Å². The summed E-state index contributed by atoms with van der Waals surface area (Å²) in [5, 5.41) is 10.8. The molecule has 0 bridgehead atoms. The molecule has 1 saturated heterocycles. The molecule has 8 nitrogen and oxygen atoms in total. The van der Waals surface area contributed by atoms with Crippen molar-refractivity contribution in [2.75, 3.05) is 24.7 Å². The van der Waals surface area contributed by atoms with Crippen molar-refractivity contribution < 1.29 is 14.5 Å². The number of hydrogen-bond acceptors (Lipinski definition) is 6. The van der Waals surface area contributed by atoms with Crippen molar-refractivity contribution in [2.24, 2.45) is 5.73 Å². The second kappa shape index (κ2) is 5.37. The van der Waals surface area contributed by atoms with E-state index in [9.17, 15) is 14.9 Å². The van der Waals surface area contributed by atoms with Gasteiger partial charge in [0.15, 0.2) is 0 Å². The fraction of sp³-hybridized carbons (Fsp3) is 0.400. The van der Waals surface area contributed by atoms with Gasteiger partial charge in [0.1, 0.15) is 17.0 Å². The number of primary amides is 1. The Morgan fingerprint density at radius 1 is 1.63 bits per heavy atom. The fourth-order valence-corrected chi connectivity index (χ4v) is 2.03. The van der Waals surface area contributed by atoms with E-state index in [0.717, 1.165) is 6.07 Å². The van der Waals surface area contributed by atoms with Gasteiger partial charge in [-0.1, -0.05) is 11.6 Å². The summed E-state index contributed by atoms with van der Waals surface area (Å²) < 4.78 is 5.17. The molecular weight excluding hydrogens is 276 g/mol. The van der Waals surface area contributed by atoms with Crippen LogP contribution in [0.15, 0.2) is 12.1 Å². The second-order valence-electron chi connectivity index (χ2n) is 3.95. The Kier molecular flexibility index (Phi) is 3.82. The van der Waals surface area contributed by atoms with Crippen LogP contribution in [0.1, 0.15) is 0 Å². The zero-order chi connectivity index (χ0) is 14.0. The summed E-state index contributed by atoms with van der Waals surface area (Å²) in [7, 11) is 0. The highest BCUT2D eigenvalue weighted by Gasteiger charge is 2.29. The van der Waals surface area contributed by atoms with Crippen molar-refractivity contribution in [3.05, 3.63) is 27.4 Å². The van der Waals surface area contributed by atoms with Crippen LogP contribution in [0.5, 0.6) is 0 Å². The van der Waals surface area contributed by atoms with Gasteiger partial charge >= 0.3 is 0 Å². The minimum atomic E-state index is -0.709. The number of carbonyl (C=O) groups excluding carboxylic acids is 1. The molecule has 2 N–H and O–H groups in total. The highest BCUT2D eigenvalue weighted by Crippen LogP contribution is 2.25. The van der Waals surface area contributed by atoms with Crippen molar-refractivity contribution in [2.45, 2.75) is 6.04 Å². The average molecular weight is 287 g/mol. The lowest BCUT2D eigenvalue weighted by atomic mass is 10.2. The number of halogens is 1. The number of morpholine rings is 1. The van der Waals surface area contributed by atoms with Crippen LogP contribution < -0.4 is 10.6 Å². The van der Waals surface area contributed by atoms with Gasteiger partial charge in [-0.25, -0.2) is 4.98 Å². The number of rotatable bonds is 3. The molecule has 0 spiro atoms. The zero-order valence-corrected chi connectivity index (χ0v) is 10.5. The highest BCUT2D eigenvalue weighted by atomic mass is 35.5. The predicted molar refractivity (Wildman–Crippen MR) is 67.0 cm³/mol. The van der Waals surface area contributed by atoms with Gasteiger partial charge in [-0.2, -0.15) is 0 Å². The molecule has 1 atom stereocenters. The number of ether oxygens (including phenoxy) is 1. The van der Waals surface area contributed by atoms with Crippen molar-refractivity contribution >= 4 is 29.0 Å². The van der Waals surface area contributed by atoms with E-state index in [4.69, 9.17) is 22.1 Å². The molecule has 1 aliphatic rings. The normalized spacial score (nSPS) is 19.2. The number of nitrogens with two attached hydrogens (primary N) is 1. The first-order valence-electron chi connectivity index (χ1n) is 5.44. The quantitative estimate of drug-likeness (QED) is 0.487. The number of amides is 1. The van der Waals surface area contributed by atoms with Crippen LogP contribution in [-0.2, 0) is 9.53 Å². The maximum atomic E-state index is 11.3. The van der Waals surface area contributed by atoms with Crippen molar-refractivity contribution in [1.82, 2.24) is 4.98 Å². The first-order valence-corrected chi connectivity index (χ1v) is 5.82. The maximum Gasteiger partial charge on any atom is 0.276 e. The summed E-state index contributed by atoms with van der Waals surface area (Å²) in [5.74, 6) is -0.338. The SMILES string of the molecule is NC(=O)C1COCCN1c1cc([N+](=O)[O-])cc(Cl)n1. The molecular formula is C10H11ClN4O4. The molecule has 102 valence electrons. The van der Waals surface area contributed by atoms with Crippen LogP contribution in [0.25, 0.3) is 0 Å². The predicted octanol–water partition coefficient (Wildman–Crippen LogP) is 0.334. The summed E-state index contributed by atoms with van der Waals surface area (Å²) in [4.78, 5) is 27.1. The Bertz CT molecular complexity index is 524. The Balaban J connectivity index is 2.38. The Labute approximate surface area is 113 Å². The molecule has 19 heavy (non-hydrogen) atoms. The Hall–Kier alpha value is -1.93. The van der Waals surface area contributed by atoms with E-state index >= 15 is 0 Å². The van der Waals surface area contributed by atoms with Crippen LogP contribution in [-0.4, -0.2) is 41.6 Å². The second-order valence-corrected chi connectivity index (χ2v) is 4.34. The van der Waals surface area contributed by atoms with Crippen LogP contribution in [0.2, 0.25) is 5.15 Å². The average Bonchev–Trinajstić information content (AvgIpc) is 2.37. The molecule has 2 heterocycles. The number of anilines is 1. The maximum absolute atomic E-state index is 11.3. The number of carbonyl (C=O) groups is 1. The minimum Gasteiger partial charge on any atom is -0.377 e. The first-order chi connectivity index (χ1) is 8.99. The summed E-state index contributed by atoms with van der Waals surface area (Å²) in [5.41, 5.74) is 5.09. The molecule has 0 saturated carbocycles. The standard InChI is InChI=1S/C10H11ClN4O4/c11-8-3-6(15(17)18)4-9(13-8)14-1-2-19-5-7(14)10(12)16/h3-4,7H,1-2,5H2,(H2,12,16). The van der Waals surface area contributed by atoms with Gasteiger partial charge in [-0.15, -0.1) is 0 Å². The van der Waals surface area contributed by atoms with Crippen LogP contribution in [0.4, 0.5) is 11.5 Å². The van der Waals surface area contributed by atoms with Gasteiger partial charge in [-0.3, -0.25) is 14.9 Å². The van der Waals surface area contributed by atoms with Crippen molar-refractivity contribution in [3.63, 3.8) is 0 Å². The summed E-state index contributed by atoms with van der Waals surface area (Å²) in [6, 6.07) is 1.69. The van der Waals surface area contributed by atoms with Crippen LogP contribution >= 0.6 is 11.6 Å². The summed E-state index contributed by atoms with van der Waals surface area (Å²) in [6.45, 7) is 0.862. The third kappa shape index (κ3) is 2.91. The molecule has 2 rings (SSSR count). The molecule has 1 fully saturated rings. The molecule has 1 unspecified atom stereocenters. The fourth-order valence-electron chi connectivity index (χ4n) is 1.84. The van der Waals surface area contributed by atoms with E-state index < -0.39 is 16.9 Å². The smallest absolute Gasteiger partial charge is 0.276 e. The Morgan fingerprint density at radius 3 is 3.00 bits per heavy atom. The monoisotopic (exact) mass is 286 g/mol. The number of hydrogen-bond donors (Lipinski definition) is 1. The Morgan fingerprint density at radius 2 is 2.37 bits per heavy atom. The van der Waals surface area contributed by atoms with Gasteiger partial charge in [0.25, 0.3) is 5.69 Å². The van der Waals surface area contributed by atoms with E-state index in [-0.39, 0.29) is 23.3 Å². The molecule has 1 aromatic heterocycles. The molecule has 9 heteroatoms. The number of pyridine rings is 1. The topological polar surface area (TPSA) is 112 Å². The molecule has 0 radical (unpaired) electrons. The lowest BCUT2D eigenvalue weighted by Gasteiger charge is -2.34. The van der Waals surface area contributed by atoms with Crippen LogP contribution in [0, 0.1) is 10.1 Å². The van der Waals surface area contributed by atoms with Gasteiger partial charge < -0.3 is 15.4 Å². The highest BCUT2D eigenvalue weighted by molar-refractivity contribution is 6.29. The molecule has 1 aromatic rings. The van der Waals surface area contributed by atoms with Crippen molar-refractivity contribution in [1.29, 1.82) is 0 Å². The summed E-state index contributed by atoms with van der Waals surface area (Å²) >= 11 is 5.75. The van der Waals surface area contributed by atoms with E-state index in [1.165, 1.54) is 6.07 Å². The molecule has 1 aliphatic heterocycles. The van der Waals surface area contributed by atoms with Crippen molar-refractivity contribution in [3.8, 4) is 0 Å². The van der Waals surface area contributed by atoms with Gasteiger partial charge in [-0.05, 0) is 0 Å². The lowest BCUT2D eigenvalue weighted by molar-refractivity contribution is -0.384. The summed E-state index contributed by atoms with van der Waals surface area (Å²) in [6.07, 6.45) is 0. The zero-order valence-electron chi connectivity index (χ0n) is 9.78. The van der Waals surface area contributed by atoms with Crippen LogP contribution in [0.3, 0.4) is 0 Å². The first kappa shape index (κ1) is 13.5. The van der Waals surface area contributed by atoms with Gasteiger partial charge in [0, 0.05) is 6.54 Å². The third-order valence-electron chi connectivity index (χ3n) is 2.73. The molecule has 1 amide bonds. The van der Waals surface area contributed by atoms with E-state index in [0.29, 0.717) is 13.2 Å². The number of aromatic nitrogens is 1. The number of nitrogens with zero attached hydrogens (tertiary/aromatic N) is 3. The van der Waals surface area contributed by atoms with E-state index in [2.05, 4.69) is 4.98 Å². The van der Waals surface area contributed by atoms with E-state index in [1.807, 2.05) is 0 Å². The molecule has 0 aromatic carbocycles. The number of nitro groups is 1. The molecule has 0 aliphatic carbocycles. The van der Waals surface area contributed by atoms with E-state index in [1.54, 1.807) is 4.90 Å².